The zero-order chi connectivity index (χ0) is 22.7. The summed E-state index contributed by atoms with van der Waals surface area (Å²) in [5.74, 6) is 1.90. The van der Waals surface area contributed by atoms with Crippen LogP contribution in [0.3, 0.4) is 0 Å². The Bertz CT molecular complexity index is 1060. The largest absolute Gasteiger partial charge is 0.481 e. The lowest BCUT2D eigenvalue weighted by molar-refractivity contribution is 0.0972. The quantitative estimate of drug-likeness (QED) is 0.431. The molecule has 9 nitrogen and oxygen atoms in total. The summed E-state index contributed by atoms with van der Waals surface area (Å²) in [5, 5.41) is 8.94. The highest BCUT2D eigenvalue weighted by atomic mass is 35.5. The molecule has 32 heavy (non-hydrogen) atoms. The van der Waals surface area contributed by atoms with E-state index in [0.29, 0.717) is 47.0 Å². The van der Waals surface area contributed by atoms with Gasteiger partial charge in [0.2, 0.25) is 11.8 Å². The normalized spacial score (nSPS) is 16.4. The Kier molecular flexibility index (Phi) is 6.77. The van der Waals surface area contributed by atoms with E-state index in [0.717, 1.165) is 0 Å². The predicted molar refractivity (Wildman–Crippen MR) is 120 cm³/mol. The van der Waals surface area contributed by atoms with E-state index in [-0.39, 0.29) is 5.25 Å². The van der Waals surface area contributed by atoms with Crippen molar-refractivity contribution in [2.24, 2.45) is 0 Å². The predicted octanol–water partition coefficient (Wildman–Crippen LogP) is 4.09. The SMILES string of the molecule is COc1cccc(-c2nnc(NSC(C)C(OC)c3ncc(Cl)cn3)n2C2(CF)CC2)n1. The maximum atomic E-state index is 14.1. The van der Waals surface area contributed by atoms with Gasteiger partial charge in [-0.3, -0.25) is 9.29 Å². The van der Waals surface area contributed by atoms with Gasteiger partial charge in [-0.1, -0.05) is 17.7 Å². The molecule has 2 atom stereocenters. The fraction of sp³-hybridized carbons (Fsp3) is 0.450. The first-order valence-corrected chi connectivity index (χ1v) is 11.2. The van der Waals surface area contributed by atoms with Gasteiger partial charge in [-0.2, -0.15) is 0 Å². The average Bonchev–Trinajstić information content (AvgIpc) is 3.50. The summed E-state index contributed by atoms with van der Waals surface area (Å²) in [6, 6.07) is 5.36. The van der Waals surface area contributed by atoms with Crippen LogP contribution >= 0.6 is 23.5 Å². The number of rotatable bonds is 10. The van der Waals surface area contributed by atoms with Crippen molar-refractivity contribution in [1.29, 1.82) is 0 Å². The Morgan fingerprint density at radius 2 is 2.00 bits per heavy atom. The molecule has 1 saturated carbocycles. The smallest absolute Gasteiger partial charge is 0.235 e. The van der Waals surface area contributed by atoms with Crippen LogP contribution in [0.25, 0.3) is 11.5 Å². The van der Waals surface area contributed by atoms with Crippen molar-refractivity contribution in [1.82, 2.24) is 29.7 Å². The number of pyridine rings is 1. The van der Waals surface area contributed by atoms with Gasteiger partial charge in [0.1, 0.15) is 18.5 Å². The van der Waals surface area contributed by atoms with Gasteiger partial charge in [-0.05, 0) is 37.8 Å². The number of halogens is 2. The number of nitrogens with zero attached hydrogens (tertiary/aromatic N) is 6. The summed E-state index contributed by atoms with van der Waals surface area (Å²) in [4.78, 5) is 13.0. The summed E-state index contributed by atoms with van der Waals surface area (Å²) in [7, 11) is 3.14. The van der Waals surface area contributed by atoms with Crippen molar-refractivity contribution in [2.45, 2.75) is 36.7 Å². The zero-order valence-corrected chi connectivity index (χ0v) is 19.4. The standard InChI is InChI=1S/C20H23ClFN7O2S/c1-12(16(31-3)17-23-9-13(21)10-24-17)32-28-19-27-26-18(29(19)20(11-22)7-8-20)14-5-4-6-15(25-14)30-2/h4-6,9-10,12,16H,7-8,11H2,1-3H3,(H,27,28). The molecule has 3 heterocycles. The highest BCUT2D eigenvalue weighted by Crippen LogP contribution is 2.48. The van der Waals surface area contributed by atoms with Crippen LogP contribution in [0.2, 0.25) is 5.02 Å². The van der Waals surface area contributed by atoms with Gasteiger partial charge >= 0.3 is 0 Å². The van der Waals surface area contributed by atoms with E-state index < -0.39 is 18.3 Å². The average molecular weight is 480 g/mol. The maximum Gasteiger partial charge on any atom is 0.235 e. The molecule has 0 spiro atoms. The van der Waals surface area contributed by atoms with Gasteiger partial charge in [0.05, 0.1) is 22.9 Å². The summed E-state index contributed by atoms with van der Waals surface area (Å²) < 4.78 is 29.9. The van der Waals surface area contributed by atoms with E-state index in [1.54, 1.807) is 30.9 Å². The van der Waals surface area contributed by atoms with Crippen LogP contribution in [0.1, 0.15) is 31.7 Å². The number of aromatic nitrogens is 6. The molecule has 1 aliphatic rings. The molecule has 170 valence electrons. The van der Waals surface area contributed by atoms with E-state index in [4.69, 9.17) is 21.1 Å². The third-order valence-corrected chi connectivity index (χ3v) is 6.40. The third-order valence-electron chi connectivity index (χ3n) is 5.29. The molecule has 0 bridgehead atoms. The van der Waals surface area contributed by atoms with Crippen molar-refractivity contribution < 1.29 is 13.9 Å². The first-order valence-electron chi connectivity index (χ1n) is 9.96. The molecule has 1 fully saturated rings. The van der Waals surface area contributed by atoms with Gasteiger partial charge in [-0.15, -0.1) is 10.2 Å². The van der Waals surface area contributed by atoms with E-state index in [1.165, 1.54) is 24.3 Å². The van der Waals surface area contributed by atoms with Gasteiger partial charge in [0.15, 0.2) is 11.6 Å². The summed E-state index contributed by atoms with van der Waals surface area (Å²) in [6.07, 6.45) is 4.07. The first kappa shape index (κ1) is 22.7. The number of hydrogen-bond donors (Lipinski definition) is 1. The minimum atomic E-state index is -0.671. The Labute approximate surface area is 194 Å². The molecule has 12 heteroatoms. The number of hydrogen-bond acceptors (Lipinski definition) is 9. The number of methoxy groups -OCH3 is 2. The minimum absolute atomic E-state index is 0.106. The molecule has 0 aliphatic heterocycles. The van der Waals surface area contributed by atoms with Gasteiger partial charge in [0.25, 0.3) is 0 Å². The van der Waals surface area contributed by atoms with Crippen molar-refractivity contribution >= 4 is 29.5 Å². The molecule has 0 saturated heterocycles. The lowest BCUT2D eigenvalue weighted by Crippen LogP contribution is -2.23. The van der Waals surface area contributed by atoms with Crippen molar-refractivity contribution in [2.75, 3.05) is 25.6 Å². The number of anilines is 1. The minimum Gasteiger partial charge on any atom is -0.481 e. The molecule has 0 radical (unpaired) electrons. The van der Waals surface area contributed by atoms with Gasteiger partial charge in [-0.25, -0.2) is 19.3 Å². The lowest BCUT2D eigenvalue weighted by atomic mass is 10.2. The second kappa shape index (κ2) is 9.55. The van der Waals surface area contributed by atoms with E-state index in [2.05, 4.69) is 29.9 Å². The highest BCUT2D eigenvalue weighted by molar-refractivity contribution is 8.01. The van der Waals surface area contributed by atoms with Crippen LogP contribution < -0.4 is 9.46 Å². The Morgan fingerprint density at radius 1 is 1.25 bits per heavy atom. The lowest BCUT2D eigenvalue weighted by Gasteiger charge is -2.22. The fourth-order valence-electron chi connectivity index (χ4n) is 3.36. The molecule has 2 unspecified atom stereocenters. The molecule has 3 aromatic heterocycles. The molecular weight excluding hydrogens is 457 g/mol. The fourth-order valence-corrected chi connectivity index (χ4v) is 4.24. The second-order valence-electron chi connectivity index (χ2n) is 7.45. The van der Waals surface area contributed by atoms with E-state index >= 15 is 0 Å². The summed E-state index contributed by atoms with van der Waals surface area (Å²) in [5.41, 5.74) is -0.109. The number of ether oxygens (including phenoxy) is 2. The molecule has 4 rings (SSSR count). The second-order valence-corrected chi connectivity index (χ2v) is 9.07. The van der Waals surface area contributed by atoms with Crippen molar-refractivity contribution in [3.8, 4) is 17.4 Å². The van der Waals surface area contributed by atoms with Crippen LogP contribution in [0.5, 0.6) is 5.88 Å². The third kappa shape index (κ3) is 4.50. The molecule has 1 N–H and O–H groups in total. The summed E-state index contributed by atoms with van der Waals surface area (Å²) >= 11 is 7.25. The Balaban J connectivity index is 1.58. The van der Waals surface area contributed by atoms with Crippen molar-refractivity contribution in [3.05, 3.63) is 41.4 Å². The maximum absolute atomic E-state index is 14.1. The Hall–Kier alpha value is -2.50. The van der Waals surface area contributed by atoms with Crippen molar-refractivity contribution in [3.63, 3.8) is 0 Å². The van der Waals surface area contributed by atoms with Crippen LogP contribution in [-0.4, -0.2) is 55.9 Å². The Morgan fingerprint density at radius 3 is 2.62 bits per heavy atom. The molecular formula is C20H23ClFN7O2S. The monoisotopic (exact) mass is 479 g/mol. The summed E-state index contributed by atoms with van der Waals surface area (Å²) in [6.45, 7) is 1.45. The van der Waals surface area contributed by atoms with Crippen LogP contribution in [-0.2, 0) is 10.3 Å². The van der Waals surface area contributed by atoms with E-state index in [1.807, 2.05) is 13.0 Å². The molecule has 0 aromatic carbocycles. The topological polar surface area (TPSA) is 99.9 Å². The zero-order valence-electron chi connectivity index (χ0n) is 17.8. The molecule has 3 aromatic rings. The first-order chi connectivity index (χ1) is 15.5. The highest BCUT2D eigenvalue weighted by Gasteiger charge is 2.48. The van der Waals surface area contributed by atoms with Gasteiger partial charge < -0.3 is 9.47 Å². The van der Waals surface area contributed by atoms with Gasteiger partial charge in [0, 0.05) is 25.6 Å². The number of nitrogens with one attached hydrogen (secondary N) is 1. The van der Waals surface area contributed by atoms with Crippen LogP contribution in [0.4, 0.5) is 10.3 Å². The molecule has 0 amide bonds. The molecule has 1 aliphatic carbocycles. The van der Waals surface area contributed by atoms with Crippen LogP contribution in [0.15, 0.2) is 30.6 Å². The number of alkyl halides is 1. The van der Waals surface area contributed by atoms with E-state index in [9.17, 15) is 4.39 Å². The van der Waals surface area contributed by atoms with Crippen LogP contribution in [0, 0.1) is 0 Å².